The number of carbonyl (C=O) groups is 2. The molecule has 5 nitrogen and oxygen atoms in total. The maximum Gasteiger partial charge on any atom is 0.234 e. The zero-order valence-corrected chi connectivity index (χ0v) is 14.0. The number of amides is 2. The quantitative estimate of drug-likeness (QED) is 0.774. The van der Waals surface area contributed by atoms with Gasteiger partial charge in [0.2, 0.25) is 11.8 Å². The van der Waals surface area contributed by atoms with E-state index in [9.17, 15) is 9.59 Å². The molecule has 1 rings (SSSR count). The van der Waals surface area contributed by atoms with Gasteiger partial charge in [0, 0.05) is 38.1 Å². The van der Waals surface area contributed by atoms with Gasteiger partial charge in [-0.1, -0.05) is 27.2 Å². The first-order valence-corrected chi connectivity index (χ1v) is 8.28. The van der Waals surface area contributed by atoms with Gasteiger partial charge in [0.05, 0.1) is 6.54 Å². The molecule has 0 bridgehead atoms. The lowest BCUT2D eigenvalue weighted by Crippen LogP contribution is -2.52. The van der Waals surface area contributed by atoms with E-state index < -0.39 is 0 Å². The van der Waals surface area contributed by atoms with Crippen LogP contribution in [0.2, 0.25) is 0 Å². The smallest absolute Gasteiger partial charge is 0.234 e. The Morgan fingerprint density at radius 3 is 2.24 bits per heavy atom. The van der Waals surface area contributed by atoms with Crippen molar-refractivity contribution in [3.63, 3.8) is 0 Å². The van der Waals surface area contributed by atoms with Crippen LogP contribution in [0.25, 0.3) is 0 Å². The summed E-state index contributed by atoms with van der Waals surface area (Å²) in [6.07, 6.45) is 2.95. The summed E-state index contributed by atoms with van der Waals surface area (Å²) in [6.45, 7) is 11.7. The highest BCUT2D eigenvalue weighted by Gasteiger charge is 2.25. The van der Waals surface area contributed by atoms with E-state index in [0.717, 1.165) is 45.4 Å². The summed E-state index contributed by atoms with van der Waals surface area (Å²) in [6, 6.07) is 0.232. The lowest BCUT2D eigenvalue weighted by molar-refractivity contribution is -0.137. The lowest BCUT2D eigenvalue weighted by Gasteiger charge is -2.35. The van der Waals surface area contributed by atoms with Crippen molar-refractivity contribution in [1.82, 2.24) is 15.1 Å². The molecule has 1 fully saturated rings. The van der Waals surface area contributed by atoms with Crippen LogP contribution in [0.1, 0.15) is 47.0 Å². The lowest BCUT2D eigenvalue weighted by atomic mass is 10.0. The molecule has 0 aromatic carbocycles. The molecule has 0 aliphatic carbocycles. The summed E-state index contributed by atoms with van der Waals surface area (Å²) in [5, 5.41) is 2.98. The van der Waals surface area contributed by atoms with E-state index >= 15 is 0 Å². The molecule has 2 amide bonds. The third kappa shape index (κ3) is 6.04. The second-order valence-corrected chi connectivity index (χ2v) is 6.17. The Kier molecular flexibility index (Phi) is 7.72. The number of rotatable bonds is 7. The maximum atomic E-state index is 12.2. The molecule has 122 valence electrons. The van der Waals surface area contributed by atoms with Crippen molar-refractivity contribution in [3.05, 3.63) is 0 Å². The van der Waals surface area contributed by atoms with Gasteiger partial charge in [0.25, 0.3) is 0 Å². The molecule has 0 aromatic heterocycles. The average Bonchev–Trinajstić information content (AvgIpc) is 2.47. The standard InChI is InChI=1S/C16H31N3O2/c1-5-7-13(3)16(21)19-10-8-18(9-11-19)12-15(20)17-14(4)6-2/h13-14H,5-12H2,1-4H3,(H,17,20). The van der Waals surface area contributed by atoms with Crippen molar-refractivity contribution < 1.29 is 9.59 Å². The van der Waals surface area contributed by atoms with Crippen molar-refractivity contribution in [1.29, 1.82) is 0 Å². The molecule has 1 aliphatic rings. The fourth-order valence-electron chi connectivity index (χ4n) is 2.62. The van der Waals surface area contributed by atoms with Gasteiger partial charge in [-0.15, -0.1) is 0 Å². The van der Waals surface area contributed by atoms with E-state index in [2.05, 4.69) is 24.1 Å². The van der Waals surface area contributed by atoms with Crippen molar-refractivity contribution in [2.24, 2.45) is 5.92 Å². The van der Waals surface area contributed by atoms with Crippen LogP contribution in [0.3, 0.4) is 0 Å². The second kappa shape index (κ2) is 9.03. The van der Waals surface area contributed by atoms with Crippen LogP contribution in [0.4, 0.5) is 0 Å². The molecular weight excluding hydrogens is 266 g/mol. The fourth-order valence-corrected chi connectivity index (χ4v) is 2.62. The van der Waals surface area contributed by atoms with Gasteiger partial charge in [-0.05, 0) is 19.8 Å². The normalized spacial score (nSPS) is 19.1. The van der Waals surface area contributed by atoms with Crippen LogP contribution < -0.4 is 5.32 Å². The molecule has 1 heterocycles. The van der Waals surface area contributed by atoms with Crippen molar-refractivity contribution in [2.75, 3.05) is 32.7 Å². The maximum absolute atomic E-state index is 12.2. The number of piperazine rings is 1. The first kappa shape index (κ1) is 18.0. The number of hydrogen-bond acceptors (Lipinski definition) is 3. The van der Waals surface area contributed by atoms with Gasteiger partial charge in [0.15, 0.2) is 0 Å². The Balaban J connectivity index is 2.32. The molecule has 0 saturated carbocycles. The number of carbonyl (C=O) groups excluding carboxylic acids is 2. The summed E-state index contributed by atoms with van der Waals surface area (Å²) in [5.41, 5.74) is 0. The van der Waals surface area contributed by atoms with Crippen LogP contribution in [0.15, 0.2) is 0 Å². The molecule has 2 atom stereocenters. The fraction of sp³-hybridized carbons (Fsp3) is 0.875. The molecular formula is C16H31N3O2. The minimum absolute atomic E-state index is 0.0866. The number of nitrogens with zero attached hydrogens (tertiary/aromatic N) is 2. The highest BCUT2D eigenvalue weighted by Crippen LogP contribution is 2.12. The summed E-state index contributed by atoms with van der Waals surface area (Å²) >= 11 is 0. The highest BCUT2D eigenvalue weighted by molar-refractivity contribution is 5.79. The van der Waals surface area contributed by atoms with Gasteiger partial charge in [-0.3, -0.25) is 14.5 Å². The molecule has 2 unspecified atom stereocenters. The molecule has 0 spiro atoms. The molecule has 0 radical (unpaired) electrons. The molecule has 1 saturated heterocycles. The van der Waals surface area contributed by atoms with Crippen LogP contribution in [-0.2, 0) is 9.59 Å². The largest absolute Gasteiger partial charge is 0.353 e. The SMILES string of the molecule is CCCC(C)C(=O)N1CCN(CC(=O)NC(C)CC)CC1. The first-order valence-electron chi connectivity index (χ1n) is 8.28. The minimum atomic E-state index is 0.0866. The van der Waals surface area contributed by atoms with Gasteiger partial charge >= 0.3 is 0 Å². The van der Waals surface area contributed by atoms with E-state index in [0.29, 0.717) is 6.54 Å². The minimum Gasteiger partial charge on any atom is -0.353 e. The van der Waals surface area contributed by atoms with Crippen LogP contribution in [0.5, 0.6) is 0 Å². The Morgan fingerprint density at radius 1 is 1.10 bits per heavy atom. The van der Waals surface area contributed by atoms with E-state index in [1.165, 1.54) is 0 Å². The van der Waals surface area contributed by atoms with E-state index in [1.807, 2.05) is 18.7 Å². The highest BCUT2D eigenvalue weighted by atomic mass is 16.2. The molecule has 1 aliphatic heterocycles. The summed E-state index contributed by atoms with van der Waals surface area (Å²) in [4.78, 5) is 28.2. The molecule has 5 heteroatoms. The second-order valence-electron chi connectivity index (χ2n) is 6.17. The van der Waals surface area contributed by atoms with Crippen molar-refractivity contribution >= 4 is 11.8 Å². The average molecular weight is 297 g/mol. The van der Waals surface area contributed by atoms with Crippen LogP contribution in [0, 0.1) is 5.92 Å². The zero-order valence-electron chi connectivity index (χ0n) is 14.0. The van der Waals surface area contributed by atoms with Gasteiger partial charge in [-0.2, -0.15) is 0 Å². The molecule has 0 aromatic rings. The number of nitrogens with one attached hydrogen (secondary N) is 1. The predicted octanol–water partition coefficient (Wildman–Crippen LogP) is 1.48. The van der Waals surface area contributed by atoms with E-state index in [-0.39, 0.29) is 23.8 Å². The van der Waals surface area contributed by atoms with Crippen LogP contribution >= 0.6 is 0 Å². The summed E-state index contributed by atoms with van der Waals surface area (Å²) in [7, 11) is 0. The summed E-state index contributed by atoms with van der Waals surface area (Å²) < 4.78 is 0. The topological polar surface area (TPSA) is 52.7 Å². The van der Waals surface area contributed by atoms with Crippen molar-refractivity contribution in [3.8, 4) is 0 Å². The Morgan fingerprint density at radius 2 is 1.71 bits per heavy atom. The van der Waals surface area contributed by atoms with E-state index in [4.69, 9.17) is 0 Å². The monoisotopic (exact) mass is 297 g/mol. The Bertz CT molecular complexity index is 338. The third-order valence-corrected chi connectivity index (χ3v) is 4.21. The predicted molar refractivity (Wildman–Crippen MR) is 85.0 cm³/mol. The Hall–Kier alpha value is -1.10. The van der Waals surface area contributed by atoms with Gasteiger partial charge in [0.1, 0.15) is 0 Å². The third-order valence-electron chi connectivity index (χ3n) is 4.21. The van der Waals surface area contributed by atoms with Crippen LogP contribution in [-0.4, -0.2) is 60.4 Å². The zero-order chi connectivity index (χ0) is 15.8. The Labute approximate surface area is 129 Å². The van der Waals surface area contributed by atoms with Crippen molar-refractivity contribution in [2.45, 2.75) is 53.0 Å². The van der Waals surface area contributed by atoms with E-state index in [1.54, 1.807) is 0 Å². The van der Waals surface area contributed by atoms with Gasteiger partial charge < -0.3 is 10.2 Å². The summed E-state index contributed by atoms with van der Waals surface area (Å²) in [5.74, 6) is 0.472. The first-order chi connectivity index (χ1) is 9.97. The molecule has 1 N–H and O–H groups in total. The molecule has 21 heavy (non-hydrogen) atoms. The van der Waals surface area contributed by atoms with Gasteiger partial charge in [-0.25, -0.2) is 0 Å². The number of hydrogen-bond donors (Lipinski definition) is 1.